The summed E-state index contributed by atoms with van der Waals surface area (Å²) >= 11 is 3.24. The Morgan fingerprint density at radius 1 is 1.18 bits per heavy atom. The van der Waals surface area contributed by atoms with Crippen molar-refractivity contribution >= 4 is 40.7 Å². The number of nitrogen functional groups attached to an aromatic ring is 1. The molecule has 3 aromatic heterocycles. The van der Waals surface area contributed by atoms with E-state index in [1.807, 2.05) is 24.3 Å². The van der Waals surface area contributed by atoms with Crippen LogP contribution in [0.3, 0.4) is 0 Å². The third-order valence-corrected chi connectivity index (χ3v) is 7.30. The monoisotopic (exact) mass is 498 g/mol. The number of rotatable bonds is 8. The van der Waals surface area contributed by atoms with Crippen LogP contribution in [0.1, 0.15) is 27.2 Å². The molecule has 4 aromatic rings. The first-order chi connectivity index (χ1) is 16.4. The average molecular weight is 499 g/mol. The number of hydrogen-bond donors (Lipinski definition) is 2. The molecular weight excluding hydrogens is 472 g/mol. The molecule has 4 heterocycles. The molecule has 5 rings (SSSR count). The number of imidazole rings is 1. The Kier molecular flexibility index (Phi) is 6.32. The van der Waals surface area contributed by atoms with E-state index in [1.165, 1.54) is 18.1 Å². The molecule has 9 nitrogen and oxygen atoms in total. The molecule has 1 aliphatic rings. The normalized spacial score (nSPS) is 13.1. The van der Waals surface area contributed by atoms with Crippen LogP contribution in [0.5, 0.6) is 11.5 Å². The van der Waals surface area contributed by atoms with Gasteiger partial charge in [0.2, 0.25) is 6.79 Å². The van der Waals surface area contributed by atoms with Gasteiger partial charge in [-0.3, -0.25) is 4.72 Å². The summed E-state index contributed by atoms with van der Waals surface area (Å²) in [5.74, 6) is 3.45. The van der Waals surface area contributed by atoms with Gasteiger partial charge in [-0.05, 0) is 51.5 Å². The van der Waals surface area contributed by atoms with Crippen LogP contribution in [0.25, 0.3) is 22.5 Å². The first-order valence-corrected chi connectivity index (χ1v) is 12.7. The predicted octanol–water partition coefficient (Wildman–Crippen LogP) is 4.97. The van der Waals surface area contributed by atoms with E-state index in [4.69, 9.17) is 24.6 Å². The van der Waals surface area contributed by atoms with E-state index in [2.05, 4.69) is 40.0 Å². The minimum atomic E-state index is 0.0661. The number of furan rings is 1. The van der Waals surface area contributed by atoms with Crippen molar-refractivity contribution in [2.24, 2.45) is 0 Å². The Morgan fingerprint density at radius 3 is 2.76 bits per heavy atom. The molecule has 0 unspecified atom stereocenters. The Hall–Kier alpha value is -2.89. The average Bonchev–Trinajstić information content (AvgIpc) is 3.53. The third-order valence-electron chi connectivity index (χ3n) is 4.99. The molecule has 0 aliphatic carbocycles. The summed E-state index contributed by atoms with van der Waals surface area (Å²) in [5.41, 5.74) is 8.43. The zero-order valence-corrected chi connectivity index (χ0v) is 20.8. The zero-order valence-electron chi connectivity index (χ0n) is 19.2. The number of aromatic nitrogens is 4. The van der Waals surface area contributed by atoms with Crippen LogP contribution < -0.4 is 19.9 Å². The highest BCUT2D eigenvalue weighted by Gasteiger charge is 2.23. The molecule has 1 aliphatic heterocycles. The van der Waals surface area contributed by atoms with E-state index in [1.54, 1.807) is 18.2 Å². The van der Waals surface area contributed by atoms with E-state index >= 15 is 0 Å². The van der Waals surface area contributed by atoms with Crippen LogP contribution in [0, 0.1) is 0 Å². The van der Waals surface area contributed by atoms with Gasteiger partial charge in [0.25, 0.3) is 0 Å². The maximum absolute atomic E-state index is 6.14. The summed E-state index contributed by atoms with van der Waals surface area (Å²) in [6.45, 7) is 7.40. The fourth-order valence-corrected chi connectivity index (χ4v) is 5.37. The lowest BCUT2D eigenvalue weighted by molar-refractivity contribution is 0.174. The number of fused-ring (bicyclic) bond motifs is 2. The molecule has 0 radical (unpaired) electrons. The third kappa shape index (κ3) is 4.82. The van der Waals surface area contributed by atoms with Crippen molar-refractivity contribution in [2.45, 2.75) is 49.3 Å². The molecular formula is C23H26N6O3S2. The van der Waals surface area contributed by atoms with Crippen molar-refractivity contribution in [3.8, 4) is 22.8 Å². The molecule has 0 amide bonds. The SMILES string of the molecule is CC(C)(C)NSCCCn1c(Sc2cc3c(cc2-c2ccco2)OCO3)nc2c(N)ncnc21. The fourth-order valence-electron chi connectivity index (χ4n) is 3.51. The van der Waals surface area contributed by atoms with Crippen LogP contribution in [0.2, 0.25) is 0 Å². The van der Waals surface area contributed by atoms with Crippen molar-refractivity contribution in [1.29, 1.82) is 0 Å². The molecule has 178 valence electrons. The van der Waals surface area contributed by atoms with E-state index in [0.29, 0.717) is 22.8 Å². The molecule has 0 saturated heterocycles. The smallest absolute Gasteiger partial charge is 0.231 e. The van der Waals surface area contributed by atoms with Crippen LogP contribution in [0.15, 0.2) is 51.3 Å². The summed E-state index contributed by atoms with van der Waals surface area (Å²) in [6.07, 6.45) is 4.07. The number of benzene rings is 1. The summed E-state index contributed by atoms with van der Waals surface area (Å²) in [7, 11) is 0. The first kappa shape index (κ1) is 22.9. The summed E-state index contributed by atoms with van der Waals surface area (Å²) < 4.78 is 22.5. The van der Waals surface area contributed by atoms with Gasteiger partial charge in [0.1, 0.15) is 12.1 Å². The summed E-state index contributed by atoms with van der Waals surface area (Å²) in [5, 5.41) is 0.780. The summed E-state index contributed by atoms with van der Waals surface area (Å²) in [4.78, 5) is 14.4. The van der Waals surface area contributed by atoms with Crippen molar-refractivity contribution in [2.75, 3.05) is 18.3 Å². The molecule has 1 aromatic carbocycles. The highest BCUT2D eigenvalue weighted by molar-refractivity contribution is 7.99. The summed E-state index contributed by atoms with van der Waals surface area (Å²) in [6, 6.07) is 7.70. The number of ether oxygens (including phenoxy) is 2. The van der Waals surface area contributed by atoms with E-state index in [-0.39, 0.29) is 12.3 Å². The molecule has 3 N–H and O–H groups in total. The molecule has 0 saturated carbocycles. The second-order valence-corrected chi connectivity index (χ2v) is 10.7. The lowest BCUT2D eigenvalue weighted by Gasteiger charge is -2.19. The van der Waals surface area contributed by atoms with Crippen molar-refractivity contribution in [1.82, 2.24) is 24.2 Å². The van der Waals surface area contributed by atoms with Gasteiger partial charge in [0, 0.05) is 28.3 Å². The highest BCUT2D eigenvalue weighted by atomic mass is 32.2. The van der Waals surface area contributed by atoms with Gasteiger partial charge in [-0.15, -0.1) is 0 Å². The highest BCUT2D eigenvalue weighted by Crippen LogP contribution is 2.45. The van der Waals surface area contributed by atoms with Crippen LogP contribution >= 0.6 is 23.7 Å². The number of aryl methyl sites for hydroxylation is 1. The largest absolute Gasteiger partial charge is 0.464 e. The van der Waals surface area contributed by atoms with Crippen LogP contribution in [0.4, 0.5) is 5.82 Å². The van der Waals surface area contributed by atoms with E-state index < -0.39 is 0 Å². The second kappa shape index (κ2) is 9.40. The fraction of sp³-hybridized carbons (Fsp3) is 0.348. The molecule has 0 spiro atoms. The first-order valence-electron chi connectivity index (χ1n) is 10.9. The van der Waals surface area contributed by atoms with Gasteiger partial charge >= 0.3 is 0 Å². The van der Waals surface area contributed by atoms with Gasteiger partial charge in [-0.1, -0.05) is 23.7 Å². The number of nitrogens with one attached hydrogen (secondary N) is 1. The Balaban J connectivity index is 1.47. The minimum Gasteiger partial charge on any atom is -0.464 e. The van der Waals surface area contributed by atoms with Crippen molar-refractivity contribution in [3.05, 3.63) is 36.9 Å². The standard InChI is InChI=1S/C23H26N6O3S2/c1-23(2,3)28-33-9-5-7-29-21-19(20(24)25-12-26-21)27-22(29)34-18-11-17-16(31-13-32-17)10-14(18)15-6-4-8-30-15/h4,6,8,10-12,28H,5,7,9,13H2,1-3H3,(H2,24,25,26). The van der Waals surface area contributed by atoms with Crippen molar-refractivity contribution < 1.29 is 13.9 Å². The Bertz CT molecular complexity index is 1300. The number of hydrogen-bond acceptors (Lipinski definition) is 10. The zero-order chi connectivity index (χ0) is 23.7. The van der Waals surface area contributed by atoms with Gasteiger partial charge in [0.05, 0.1) is 6.26 Å². The van der Waals surface area contributed by atoms with Crippen LogP contribution in [-0.4, -0.2) is 37.6 Å². The quantitative estimate of drug-likeness (QED) is 0.255. The number of anilines is 1. The van der Waals surface area contributed by atoms with Crippen LogP contribution in [-0.2, 0) is 6.54 Å². The second-order valence-electron chi connectivity index (χ2n) is 8.81. The van der Waals surface area contributed by atoms with E-state index in [0.717, 1.165) is 45.7 Å². The number of nitrogens with two attached hydrogens (primary N) is 1. The number of nitrogens with zero attached hydrogens (tertiary/aromatic N) is 4. The Morgan fingerprint density at radius 2 is 2.00 bits per heavy atom. The van der Waals surface area contributed by atoms with E-state index in [9.17, 15) is 0 Å². The maximum atomic E-state index is 6.14. The minimum absolute atomic E-state index is 0.0661. The molecule has 34 heavy (non-hydrogen) atoms. The van der Waals surface area contributed by atoms with Gasteiger partial charge in [-0.2, -0.15) is 0 Å². The van der Waals surface area contributed by atoms with Gasteiger partial charge in [0.15, 0.2) is 33.6 Å². The predicted molar refractivity (Wildman–Crippen MR) is 134 cm³/mol. The maximum Gasteiger partial charge on any atom is 0.231 e. The molecule has 11 heteroatoms. The van der Waals surface area contributed by atoms with Gasteiger partial charge in [-0.25, -0.2) is 15.0 Å². The van der Waals surface area contributed by atoms with Gasteiger partial charge < -0.3 is 24.2 Å². The topological polar surface area (TPSA) is 113 Å². The molecule has 0 bridgehead atoms. The molecule has 0 atom stereocenters. The molecule has 0 fully saturated rings. The lowest BCUT2D eigenvalue weighted by atomic mass is 10.1. The Labute approximate surface area is 206 Å². The van der Waals surface area contributed by atoms with Crippen molar-refractivity contribution in [3.63, 3.8) is 0 Å². The lowest BCUT2D eigenvalue weighted by Crippen LogP contribution is -2.30.